The quantitative estimate of drug-likeness (QED) is 0.539. The first-order chi connectivity index (χ1) is 17.4. The van der Waals surface area contributed by atoms with E-state index in [0.29, 0.717) is 18.7 Å². The zero-order chi connectivity index (χ0) is 25.4. The van der Waals surface area contributed by atoms with Crippen LogP contribution in [0.1, 0.15) is 59.3 Å². The third-order valence-corrected chi connectivity index (χ3v) is 8.31. The summed E-state index contributed by atoms with van der Waals surface area (Å²) in [5.41, 5.74) is -0.495. The number of likely N-dealkylation sites (tertiary alicyclic amines) is 1. The van der Waals surface area contributed by atoms with Crippen LogP contribution in [0.3, 0.4) is 0 Å². The number of fused-ring (bicyclic) bond motifs is 1. The molecular formula is C28H37N3O5. The predicted molar refractivity (Wildman–Crippen MR) is 135 cm³/mol. The molecule has 1 aromatic rings. The van der Waals surface area contributed by atoms with Gasteiger partial charge in [0.2, 0.25) is 17.7 Å². The molecule has 3 fully saturated rings. The molecule has 1 spiro atoms. The monoisotopic (exact) mass is 495 g/mol. The highest BCUT2D eigenvalue weighted by molar-refractivity contribution is 6.03. The van der Waals surface area contributed by atoms with Crippen LogP contribution in [0.5, 0.6) is 5.75 Å². The second-order valence-corrected chi connectivity index (χ2v) is 10.5. The van der Waals surface area contributed by atoms with Crippen LogP contribution < -0.4 is 15.4 Å². The Kier molecular flexibility index (Phi) is 6.81. The van der Waals surface area contributed by atoms with Gasteiger partial charge in [-0.2, -0.15) is 0 Å². The van der Waals surface area contributed by atoms with Gasteiger partial charge in [0.05, 0.1) is 24.5 Å². The van der Waals surface area contributed by atoms with Crippen molar-refractivity contribution in [2.24, 2.45) is 11.8 Å². The Balaban J connectivity index is 1.40. The van der Waals surface area contributed by atoms with Gasteiger partial charge in [-0.1, -0.05) is 38.3 Å². The average Bonchev–Trinajstić information content (AvgIpc) is 3.53. The van der Waals surface area contributed by atoms with Crippen LogP contribution in [0.2, 0.25) is 0 Å². The third kappa shape index (κ3) is 4.09. The van der Waals surface area contributed by atoms with E-state index in [1.807, 2.05) is 32.9 Å². The SMILES string of the molecule is CCOc1ccc(NC(=O)[C@@H]2[C@@H]3C=C[C@]4(O3)[C@@H]2C(=O)N([C@H](C)CC)[C@H]4C(=O)NC2CCCCC2)cc1. The van der Waals surface area contributed by atoms with Gasteiger partial charge in [-0.05, 0) is 57.4 Å². The lowest BCUT2D eigenvalue weighted by atomic mass is 9.74. The summed E-state index contributed by atoms with van der Waals surface area (Å²) in [6, 6.07) is 6.36. The fourth-order valence-corrected chi connectivity index (χ4v) is 6.43. The van der Waals surface area contributed by atoms with Crippen molar-refractivity contribution < 1.29 is 23.9 Å². The summed E-state index contributed by atoms with van der Waals surface area (Å²) in [5.74, 6) is -1.32. The van der Waals surface area contributed by atoms with Crippen molar-refractivity contribution in [3.05, 3.63) is 36.4 Å². The van der Waals surface area contributed by atoms with E-state index in [1.54, 1.807) is 29.2 Å². The maximum absolute atomic E-state index is 13.9. The van der Waals surface area contributed by atoms with Crippen LogP contribution in [0.4, 0.5) is 5.69 Å². The summed E-state index contributed by atoms with van der Waals surface area (Å²) in [4.78, 5) is 42.8. The van der Waals surface area contributed by atoms with Gasteiger partial charge in [-0.3, -0.25) is 14.4 Å². The first-order valence-electron chi connectivity index (χ1n) is 13.4. The van der Waals surface area contributed by atoms with E-state index >= 15 is 0 Å². The number of hydrogen-bond donors (Lipinski definition) is 2. The van der Waals surface area contributed by atoms with Gasteiger partial charge in [-0.15, -0.1) is 0 Å². The maximum atomic E-state index is 13.9. The Morgan fingerprint density at radius 1 is 1.14 bits per heavy atom. The van der Waals surface area contributed by atoms with Crippen molar-refractivity contribution in [2.45, 2.75) is 89.1 Å². The normalized spacial score (nSPS) is 31.9. The van der Waals surface area contributed by atoms with E-state index in [9.17, 15) is 14.4 Å². The van der Waals surface area contributed by atoms with E-state index in [-0.39, 0.29) is 29.8 Å². The number of nitrogens with one attached hydrogen (secondary N) is 2. The van der Waals surface area contributed by atoms with Crippen LogP contribution in [0.15, 0.2) is 36.4 Å². The lowest BCUT2D eigenvalue weighted by Crippen LogP contribution is -2.58. The number of rotatable bonds is 8. The van der Waals surface area contributed by atoms with Crippen molar-refractivity contribution in [3.63, 3.8) is 0 Å². The number of hydrogen-bond acceptors (Lipinski definition) is 5. The van der Waals surface area contributed by atoms with E-state index in [4.69, 9.17) is 9.47 Å². The van der Waals surface area contributed by atoms with Crippen molar-refractivity contribution in [1.29, 1.82) is 0 Å². The molecule has 2 N–H and O–H groups in total. The topological polar surface area (TPSA) is 97.0 Å². The lowest BCUT2D eigenvalue weighted by Gasteiger charge is -2.36. The summed E-state index contributed by atoms with van der Waals surface area (Å²) in [6.45, 7) is 6.44. The van der Waals surface area contributed by atoms with Crippen LogP contribution in [-0.4, -0.2) is 59.1 Å². The number of carbonyl (C=O) groups excluding carboxylic acids is 3. The van der Waals surface area contributed by atoms with Gasteiger partial charge in [0.25, 0.3) is 0 Å². The molecule has 6 atom stereocenters. The van der Waals surface area contributed by atoms with Crippen LogP contribution >= 0.6 is 0 Å². The maximum Gasteiger partial charge on any atom is 0.246 e. The standard InChI is InChI=1S/C28H37N3O5/c1-4-17(3)31-24(26(33)30-18-9-7-6-8-10-18)28-16-15-21(36-28)22(23(28)27(31)34)25(32)29-19-11-13-20(14-12-19)35-5-2/h11-18,21-24H,4-10H2,1-3H3,(H,29,32)(H,30,33)/t17-,21+,22-,23+,24+,28+/m1/s1. The molecule has 0 radical (unpaired) electrons. The minimum Gasteiger partial charge on any atom is -0.494 e. The smallest absolute Gasteiger partial charge is 0.246 e. The highest BCUT2D eigenvalue weighted by Crippen LogP contribution is 2.55. The number of benzene rings is 1. The Bertz CT molecular complexity index is 1030. The minimum absolute atomic E-state index is 0.122. The second-order valence-electron chi connectivity index (χ2n) is 10.5. The zero-order valence-corrected chi connectivity index (χ0v) is 21.4. The Labute approximate surface area is 212 Å². The molecule has 1 saturated carbocycles. The van der Waals surface area contributed by atoms with Gasteiger partial charge < -0.3 is 25.0 Å². The minimum atomic E-state index is -1.12. The van der Waals surface area contributed by atoms with E-state index in [0.717, 1.165) is 31.4 Å². The third-order valence-electron chi connectivity index (χ3n) is 8.31. The van der Waals surface area contributed by atoms with E-state index in [1.165, 1.54) is 6.42 Å². The van der Waals surface area contributed by atoms with Gasteiger partial charge in [-0.25, -0.2) is 0 Å². The van der Waals surface area contributed by atoms with Gasteiger partial charge >= 0.3 is 0 Å². The summed E-state index contributed by atoms with van der Waals surface area (Å²) in [7, 11) is 0. The first-order valence-corrected chi connectivity index (χ1v) is 13.4. The molecule has 1 aromatic carbocycles. The van der Waals surface area contributed by atoms with E-state index < -0.39 is 29.6 Å². The van der Waals surface area contributed by atoms with Crippen LogP contribution in [0.25, 0.3) is 0 Å². The average molecular weight is 496 g/mol. The molecule has 8 nitrogen and oxygen atoms in total. The largest absolute Gasteiger partial charge is 0.494 e. The highest BCUT2D eigenvalue weighted by Gasteiger charge is 2.73. The molecule has 3 amide bonds. The van der Waals surface area contributed by atoms with Crippen molar-refractivity contribution in [1.82, 2.24) is 10.2 Å². The molecule has 5 rings (SSSR count). The number of carbonyl (C=O) groups is 3. The lowest BCUT2D eigenvalue weighted by molar-refractivity contribution is -0.143. The molecule has 1 aliphatic carbocycles. The first kappa shape index (κ1) is 24.8. The molecule has 4 aliphatic rings. The van der Waals surface area contributed by atoms with Gasteiger partial charge in [0.15, 0.2) is 0 Å². The summed E-state index contributed by atoms with van der Waals surface area (Å²) in [5, 5.41) is 6.18. The van der Waals surface area contributed by atoms with Crippen molar-refractivity contribution in [3.8, 4) is 5.75 Å². The molecule has 0 aromatic heterocycles. The van der Waals surface area contributed by atoms with E-state index in [2.05, 4.69) is 10.6 Å². The second kappa shape index (κ2) is 9.88. The Morgan fingerprint density at radius 3 is 2.53 bits per heavy atom. The molecule has 2 bridgehead atoms. The molecule has 3 heterocycles. The molecule has 0 unspecified atom stereocenters. The molecule has 2 saturated heterocycles. The molecule has 36 heavy (non-hydrogen) atoms. The Hall–Kier alpha value is -2.87. The number of nitrogens with zero attached hydrogens (tertiary/aromatic N) is 1. The fraction of sp³-hybridized carbons (Fsp3) is 0.607. The highest BCUT2D eigenvalue weighted by atomic mass is 16.5. The van der Waals surface area contributed by atoms with Crippen molar-refractivity contribution in [2.75, 3.05) is 11.9 Å². The molecule has 8 heteroatoms. The summed E-state index contributed by atoms with van der Waals surface area (Å²) >= 11 is 0. The molecule has 194 valence electrons. The number of amides is 3. The summed E-state index contributed by atoms with van der Waals surface area (Å²) < 4.78 is 11.9. The molecular weight excluding hydrogens is 458 g/mol. The van der Waals surface area contributed by atoms with Gasteiger partial charge in [0, 0.05) is 17.8 Å². The molecule has 3 aliphatic heterocycles. The Morgan fingerprint density at radius 2 is 1.86 bits per heavy atom. The fourth-order valence-electron chi connectivity index (χ4n) is 6.43. The van der Waals surface area contributed by atoms with Crippen LogP contribution in [0, 0.1) is 11.8 Å². The summed E-state index contributed by atoms with van der Waals surface area (Å²) in [6.07, 6.45) is 9.20. The zero-order valence-electron chi connectivity index (χ0n) is 21.4. The van der Waals surface area contributed by atoms with Gasteiger partial charge in [0.1, 0.15) is 17.4 Å². The number of ether oxygens (including phenoxy) is 2. The number of anilines is 1. The van der Waals surface area contributed by atoms with Crippen molar-refractivity contribution >= 4 is 23.4 Å². The van der Waals surface area contributed by atoms with Crippen LogP contribution in [-0.2, 0) is 19.1 Å². The predicted octanol–water partition coefficient (Wildman–Crippen LogP) is 3.42.